The van der Waals surface area contributed by atoms with Crippen LogP contribution in [0.1, 0.15) is 66.7 Å². The molecular formula is C25H30N2O. The number of aromatic nitrogens is 1. The van der Waals surface area contributed by atoms with E-state index in [9.17, 15) is 4.79 Å². The van der Waals surface area contributed by atoms with Gasteiger partial charge in [-0.1, -0.05) is 61.2 Å². The first-order chi connectivity index (χ1) is 13.6. The minimum atomic E-state index is 0.0559. The maximum atomic E-state index is 13.0. The van der Waals surface area contributed by atoms with Crippen LogP contribution in [0.3, 0.4) is 0 Å². The second-order valence-electron chi connectivity index (χ2n) is 8.31. The highest BCUT2D eigenvalue weighted by molar-refractivity contribution is 5.86. The van der Waals surface area contributed by atoms with Crippen molar-refractivity contribution in [3.63, 3.8) is 0 Å². The maximum absolute atomic E-state index is 13.0. The number of rotatable bonds is 5. The van der Waals surface area contributed by atoms with Gasteiger partial charge in [0.2, 0.25) is 5.91 Å². The first kappa shape index (κ1) is 18.8. The molecule has 3 aromatic rings. The van der Waals surface area contributed by atoms with E-state index in [1.807, 2.05) is 6.07 Å². The minimum absolute atomic E-state index is 0.0559. The van der Waals surface area contributed by atoms with Crippen LogP contribution in [0.5, 0.6) is 0 Å². The molecule has 3 heteroatoms. The summed E-state index contributed by atoms with van der Waals surface area (Å²) >= 11 is 0. The summed E-state index contributed by atoms with van der Waals surface area (Å²) in [5, 5.41) is 4.52. The summed E-state index contributed by atoms with van der Waals surface area (Å²) in [6.45, 7) is 4.27. The largest absolute Gasteiger partial charge is 0.361 e. The summed E-state index contributed by atoms with van der Waals surface area (Å²) in [6, 6.07) is 15.3. The zero-order chi connectivity index (χ0) is 19.5. The van der Waals surface area contributed by atoms with Crippen LogP contribution in [0.15, 0.2) is 48.7 Å². The van der Waals surface area contributed by atoms with Gasteiger partial charge >= 0.3 is 0 Å². The Bertz CT molecular complexity index is 966. The fourth-order valence-corrected chi connectivity index (χ4v) is 4.71. The number of carbonyl (C=O) groups is 1. The van der Waals surface area contributed by atoms with E-state index in [0.29, 0.717) is 12.5 Å². The summed E-state index contributed by atoms with van der Waals surface area (Å²) in [4.78, 5) is 16.4. The number of aromatic amines is 1. The van der Waals surface area contributed by atoms with Crippen molar-refractivity contribution >= 4 is 16.8 Å². The molecule has 0 aliphatic heterocycles. The van der Waals surface area contributed by atoms with Gasteiger partial charge in [0.15, 0.2) is 0 Å². The van der Waals surface area contributed by atoms with Crippen LogP contribution in [0.25, 0.3) is 10.9 Å². The third-order valence-electron chi connectivity index (χ3n) is 6.16. The van der Waals surface area contributed by atoms with Gasteiger partial charge in [-0.2, -0.15) is 0 Å². The zero-order valence-electron chi connectivity index (χ0n) is 16.9. The lowest BCUT2D eigenvalue weighted by molar-refractivity contribution is -0.122. The second-order valence-corrected chi connectivity index (χ2v) is 8.31. The van der Waals surface area contributed by atoms with Crippen molar-refractivity contribution in [2.75, 3.05) is 0 Å². The van der Waals surface area contributed by atoms with E-state index in [-0.39, 0.29) is 11.8 Å². The van der Waals surface area contributed by atoms with Gasteiger partial charge in [-0.25, -0.2) is 0 Å². The molecule has 3 nitrogen and oxygen atoms in total. The fraction of sp³-hybridized carbons (Fsp3) is 0.400. The first-order valence-corrected chi connectivity index (χ1v) is 10.5. The summed E-state index contributed by atoms with van der Waals surface area (Å²) in [5.41, 5.74) is 6.08. The molecule has 0 spiro atoms. The summed E-state index contributed by atoms with van der Waals surface area (Å²) < 4.78 is 0. The van der Waals surface area contributed by atoms with Crippen molar-refractivity contribution in [2.24, 2.45) is 0 Å². The molecule has 1 atom stereocenters. The Balaban J connectivity index is 1.66. The Hall–Kier alpha value is -2.55. The molecular weight excluding hydrogens is 344 g/mol. The number of para-hydroxylation sites is 1. The number of H-pyrrole nitrogens is 1. The molecule has 0 bridgehead atoms. The van der Waals surface area contributed by atoms with Gasteiger partial charge in [-0.3, -0.25) is 4.79 Å². The molecule has 1 amide bonds. The predicted octanol–water partition coefficient (Wildman–Crippen LogP) is 5.76. The van der Waals surface area contributed by atoms with Gasteiger partial charge in [-0.05, 0) is 49.4 Å². The van der Waals surface area contributed by atoms with Gasteiger partial charge in [0.1, 0.15) is 0 Å². The molecule has 2 aromatic carbocycles. The lowest BCUT2D eigenvalue weighted by Crippen LogP contribution is -2.36. The van der Waals surface area contributed by atoms with Crippen molar-refractivity contribution in [3.8, 4) is 0 Å². The molecule has 2 N–H and O–H groups in total. The van der Waals surface area contributed by atoms with Crippen molar-refractivity contribution in [1.82, 2.24) is 10.3 Å². The van der Waals surface area contributed by atoms with Crippen molar-refractivity contribution < 1.29 is 4.79 Å². The molecule has 1 heterocycles. The summed E-state index contributed by atoms with van der Waals surface area (Å²) in [7, 11) is 0. The van der Waals surface area contributed by atoms with E-state index in [4.69, 9.17) is 0 Å². The Morgan fingerprint density at radius 3 is 2.64 bits per heavy atom. The molecule has 28 heavy (non-hydrogen) atoms. The molecule has 1 aromatic heterocycles. The van der Waals surface area contributed by atoms with E-state index in [1.54, 1.807) is 0 Å². The van der Waals surface area contributed by atoms with Crippen LogP contribution in [0, 0.1) is 13.8 Å². The number of carbonyl (C=O) groups excluding carboxylic acids is 1. The molecule has 1 aliphatic carbocycles. The Kier molecular flexibility index (Phi) is 5.52. The third-order valence-corrected chi connectivity index (χ3v) is 6.16. The van der Waals surface area contributed by atoms with Crippen LogP contribution in [0.2, 0.25) is 0 Å². The molecule has 146 valence electrons. The molecule has 4 rings (SSSR count). The average Bonchev–Trinajstić information content (AvgIpc) is 3.11. The zero-order valence-corrected chi connectivity index (χ0v) is 16.9. The number of hydrogen-bond donors (Lipinski definition) is 2. The molecule has 0 radical (unpaired) electrons. The quantitative estimate of drug-likeness (QED) is 0.586. The number of nitrogens with one attached hydrogen (secondary N) is 2. The van der Waals surface area contributed by atoms with Crippen molar-refractivity contribution in [2.45, 2.75) is 64.3 Å². The fourth-order valence-electron chi connectivity index (χ4n) is 4.71. The predicted molar refractivity (Wildman–Crippen MR) is 116 cm³/mol. The molecule has 1 saturated carbocycles. The highest BCUT2D eigenvalue weighted by Crippen LogP contribution is 2.35. The Labute approximate surface area is 167 Å². The van der Waals surface area contributed by atoms with Gasteiger partial charge < -0.3 is 10.3 Å². The number of aryl methyl sites for hydroxylation is 2. The number of amides is 1. The van der Waals surface area contributed by atoms with Crippen molar-refractivity contribution in [3.05, 3.63) is 70.9 Å². The van der Waals surface area contributed by atoms with Crippen LogP contribution in [0.4, 0.5) is 0 Å². The Morgan fingerprint density at radius 2 is 1.86 bits per heavy atom. The van der Waals surface area contributed by atoms with E-state index in [1.165, 1.54) is 46.9 Å². The second kappa shape index (κ2) is 8.22. The van der Waals surface area contributed by atoms with Gasteiger partial charge in [-0.15, -0.1) is 0 Å². The van der Waals surface area contributed by atoms with E-state index < -0.39 is 0 Å². The Morgan fingerprint density at radius 1 is 1.07 bits per heavy atom. The maximum Gasteiger partial charge on any atom is 0.221 e. The lowest BCUT2D eigenvalue weighted by atomic mass is 9.85. The molecule has 0 saturated heterocycles. The molecule has 1 unspecified atom stereocenters. The van der Waals surface area contributed by atoms with E-state index in [0.717, 1.165) is 18.4 Å². The van der Waals surface area contributed by atoms with E-state index >= 15 is 0 Å². The van der Waals surface area contributed by atoms with Gasteiger partial charge in [0, 0.05) is 35.5 Å². The van der Waals surface area contributed by atoms with Crippen LogP contribution in [-0.2, 0) is 4.79 Å². The monoisotopic (exact) mass is 374 g/mol. The summed E-state index contributed by atoms with van der Waals surface area (Å²) in [6.07, 6.45) is 8.57. The van der Waals surface area contributed by atoms with Crippen LogP contribution in [-0.4, -0.2) is 16.9 Å². The minimum Gasteiger partial charge on any atom is -0.361 e. The lowest BCUT2D eigenvalue weighted by Gasteiger charge is -2.25. The summed E-state index contributed by atoms with van der Waals surface area (Å²) in [5.74, 6) is 0.225. The van der Waals surface area contributed by atoms with E-state index in [2.05, 4.69) is 66.7 Å². The standard InChI is InChI=1S/C25H30N2O/c1-17-12-13-20(18(2)14-17)22(15-25(28)27-19-8-4-3-5-9-19)23-16-26-24-11-7-6-10-21(23)24/h6-7,10-14,16,19,22,26H,3-5,8-9,15H2,1-2H3,(H,27,28). The first-order valence-electron chi connectivity index (χ1n) is 10.5. The van der Waals surface area contributed by atoms with Gasteiger partial charge in [0.25, 0.3) is 0 Å². The molecule has 1 fully saturated rings. The normalized spacial score (nSPS) is 16.2. The smallest absolute Gasteiger partial charge is 0.221 e. The highest BCUT2D eigenvalue weighted by Gasteiger charge is 2.24. The van der Waals surface area contributed by atoms with Gasteiger partial charge in [0.05, 0.1) is 0 Å². The topological polar surface area (TPSA) is 44.9 Å². The van der Waals surface area contributed by atoms with Crippen LogP contribution >= 0.6 is 0 Å². The number of hydrogen-bond acceptors (Lipinski definition) is 1. The molecule has 1 aliphatic rings. The number of benzene rings is 2. The van der Waals surface area contributed by atoms with Crippen LogP contribution < -0.4 is 5.32 Å². The van der Waals surface area contributed by atoms with Crippen molar-refractivity contribution in [1.29, 1.82) is 0 Å². The SMILES string of the molecule is Cc1ccc(C(CC(=O)NC2CCCCC2)c2c[nH]c3ccccc23)c(C)c1. The highest BCUT2D eigenvalue weighted by atomic mass is 16.1. The third kappa shape index (κ3) is 3.99. The number of fused-ring (bicyclic) bond motifs is 1. The average molecular weight is 375 g/mol.